The van der Waals surface area contributed by atoms with Gasteiger partial charge in [-0.3, -0.25) is 0 Å². The molecule has 0 saturated heterocycles. The normalized spacial score (nSPS) is 12.2. The summed E-state index contributed by atoms with van der Waals surface area (Å²) < 4.78 is 16.2. The summed E-state index contributed by atoms with van der Waals surface area (Å²) in [5.74, 6) is 1.52. The predicted octanol–water partition coefficient (Wildman–Crippen LogP) is 2.40. The van der Waals surface area contributed by atoms with E-state index in [4.69, 9.17) is 19.5 Å². The molecule has 1 aromatic heterocycles. The first-order chi connectivity index (χ1) is 9.85. The van der Waals surface area contributed by atoms with E-state index in [-0.39, 0.29) is 6.79 Å². The Labute approximate surface area is 116 Å². The van der Waals surface area contributed by atoms with Gasteiger partial charge in [-0.25, -0.2) is 4.98 Å². The van der Waals surface area contributed by atoms with Gasteiger partial charge >= 0.3 is 0 Å². The summed E-state index contributed by atoms with van der Waals surface area (Å²) in [7, 11) is 0. The Kier molecular flexibility index (Phi) is 3.48. The van der Waals surface area contributed by atoms with Crippen LogP contribution in [0.1, 0.15) is 16.8 Å². The molecule has 2 aromatic rings. The zero-order chi connectivity index (χ0) is 13.8. The van der Waals surface area contributed by atoms with Gasteiger partial charge in [0.2, 0.25) is 6.79 Å². The van der Waals surface area contributed by atoms with Crippen molar-refractivity contribution in [3.63, 3.8) is 0 Å². The Morgan fingerprint density at radius 2 is 1.90 bits per heavy atom. The summed E-state index contributed by atoms with van der Waals surface area (Å²) in [6, 6.07) is 11.3. The van der Waals surface area contributed by atoms with Gasteiger partial charge in [0, 0.05) is 6.20 Å². The molecule has 0 N–H and O–H groups in total. The Morgan fingerprint density at radius 1 is 1.10 bits per heavy atom. The number of benzene rings is 1. The van der Waals surface area contributed by atoms with E-state index in [2.05, 4.69) is 4.98 Å². The van der Waals surface area contributed by atoms with E-state index in [1.54, 1.807) is 12.3 Å². The smallest absolute Gasteiger partial charge is 0.231 e. The molecular formula is C15H12N2O3. The molecule has 0 fully saturated rings. The Bertz CT molecular complexity index is 664. The topological polar surface area (TPSA) is 64.4 Å². The fraction of sp³-hybridized carbons (Fsp3) is 0.200. The van der Waals surface area contributed by atoms with Crippen molar-refractivity contribution in [3.05, 3.63) is 53.3 Å². The van der Waals surface area contributed by atoms with E-state index in [1.165, 1.54) is 0 Å². The first kappa shape index (κ1) is 12.5. The van der Waals surface area contributed by atoms with Crippen LogP contribution in [0.4, 0.5) is 0 Å². The van der Waals surface area contributed by atoms with Crippen LogP contribution in [0.2, 0.25) is 0 Å². The largest absolute Gasteiger partial charge is 0.454 e. The number of aromatic nitrogens is 1. The van der Waals surface area contributed by atoms with Crippen molar-refractivity contribution in [3.8, 4) is 17.6 Å². The lowest BCUT2D eigenvalue weighted by Gasteiger charge is -2.05. The van der Waals surface area contributed by atoms with E-state index in [1.807, 2.05) is 30.3 Å². The van der Waals surface area contributed by atoms with Crippen LogP contribution in [0.5, 0.6) is 11.5 Å². The summed E-state index contributed by atoms with van der Waals surface area (Å²) in [6.45, 7) is 1.18. The van der Waals surface area contributed by atoms with Crippen LogP contribution >= 0.6 is 0 Å². The summed E-state index contributed by atoms with van der Waals surface area (Å²) in [5, 5.41) is 8.78. The van der Waals surface area contributed by atoms with Crippen molar-refractivity contribution in [2.45, 2.75) is 13.2 Å². The average molecular weight is 268 g/mol. The third kappa shape index (κ3) is 2.71. The lowest BCUT2D eigenvalue weighted by atomic mass is 10.2. The molecule has 0 unspecified atom stereocenters. The highest BCUT2D eigenvalue weighted by atomic mass is 16.7. The zero-order valence-electron chi connectivity index (χ0n) is 10.7. The van der Waals surface area contributed by atoms with Gasteiger partial charge in [-0.1, -0.05) is 6.07 Å². The molecule has 0 spiro atoms. The van der Waals surface area contributed by atoms with Crippen LogP contribution in [-0.2, 0) is 18.0 Å². The van der Waals surface area contributed by atoms with E-state index < -0.39 is 0 Å². The number of ether oxygens (including phenoxy) is 3. The molecule has 100 valence electrons. The summed E-state index contributed by atoms with van der Waals surface area (Å²) in [6.07, 6.45) is 1.61. The number of nitrogens with zero attached hydrogens (tertiary/aromatic N) is 2. The van der Waals surface area contributed by atoms with Crippen LogP contribution < -0.4 is 9.47 Å². The lowest BCUT2D eigenvalue weighted by molar-refractivity contribution is 0.107. The molecule has 0 saturated carbocycles. The number of fused-ring (bicyclic) bond motifs is 1. The number of pyridine rings is 1. The molecule has 5 nitrogen and oxygen atoms in total. The zero-order valence-corrected chi connectivity index (χ0v) is 10.7. The fourth-order valence-electron chi connectivity index (χ4n) is 1.94. The molecule has 1 aliphatic rings. The maximum atomic E-state index is 8.78. The van der Waals surface area contributed by atoms with Crippen LogP contribution in [-0.4, -0.2) is 11.8 Å². The van der Waals surface area contributed by atoms with E-state index in [9.17, 15) is 0 Å². The predicted molar refractivity (Wildman–Crippen MR) is 70.0 cm³/mol. The molecule has 1 aliphatic heterocycles. The second-order valence-electron chi connectivity index (χ2n) is 4.34. The molecule has 0 aliphatic carbocycles. The Morgan fingerprint density at radius 3 is 2.75 bits per heavy atom. The van der Waals surface area contributed by atoms with E-state index >= 15 is 0 Å². The minimum atomic E-state index is 0.271. The minimum Gasteiger partial charge on any atom is -0.454 e. The maximum Gasteiger partial charge on any atom is 0.231 e. The minimum absolute atomic E-state index is 0.271. The highest BCUT2D eigenvalue weighted by Gasteiger charge is 2.12. The van der Waals surface area contributed by atoms with Crippen LogP contribution in [0.15, 0.2) is 36.5 Å². The molecule has 2 heterocycles. The van der Waals surface area contributed by atoms with Gasteiger partial charge in [-0.2, -0.15) is 5.26 Å². The molecule has 0 amide bonds. The third-order valence-electron chi connectivity index (χ3n) is 2.91. The molecule has 20 heavy (non-hydrogen) atoms. The van der Waals surface area contributed by atoms with Crippen molar-refractivity contribution in [2.24, 2.45) is 0 Å². The number of hydrogen-bond acceptors (Lipinski definition) is 5. The highest BCUT2D eigenvalue weighted by molar-refractivity contribution is 5.44. The van der Waals surface area contributed by atoms with Crippen LogP contribution in [0, 0.1) is 11.3 Å². The molecule has 5 heteroatoms. The fourth-order valence-corrected chi connectivity index (χ4v) is 1.94. The van der Waals surface area contributed by atoms with Gasteiger partial charge in [0.25, 0.3) is 0 Å². The third-order valence-corrected chi connectivity index (χ3v) is 2.91. The summed E-state index contributed by atoms with van der Waals surface area (Å²) in [4.78, 5) is 3.92. The van der Waals surface area contributed by atoms with Gasteiger partial charge in [-0.05, 0) is 35.4 Å². The Balaban J connectivity index is 1.58. The van der Waals surface area contributed by atoms with Crippen molar-refractivity contribution >= 4 is 0 Å². The van der Waals surface area contributed by atoms with E-state index in [0.717, 1.165) is 22.6 Å². The quantitative estimate of drug-likeness (QED) is 0.852. The van der Waals surface area contributed by atoms with Crippen molar-refractivity contribution in [1.82, 2.24) is 4.98 Å². The molecular weight excluding hydrogens is 256 g/mol. The van der Waals surface area contributed by atoms with Gasteiger partial charge in [0.05, 0.1) is 13.2 Å². The lowest BCUT2D eigenvalue weighted by Crippen LogP contribution is -1.95. The Hall–Kier alpha value is -2.58. The molecule has 3 rings (SSSR count). The van der Waals surface area contributed by atoms with Gasteiger partial charge in [0.15, 0.2) is 11.5 Å². The van der Waals surface area contributed by atoms with E-state index in [0.29, 0.717) is 18.9 Å². The van der Waals surface area contributed by atoms with Gasteiger partial charge < -0.3 is 14.2 Å². The number of hydrogen-bond donors (Lipinski definition) is 0. The maximum absolute atomic E-state index is 8.78. The van der Waals surface area contributed by atoms with Gasteiger partial charge in [0.1, 0.15) is 11.8 Å². The number of rotatable bonds is 4. The van der Waals surface area contributed by atoms with Crippen molar-refractivity contribution in [2.75, 3.05) is 6.79 Å². The van der Waals surface area contributed by atoms with Crippen LogP contribution in [0.25, 0.3) is 0 Å². The summed E-state index contributed by atoms with van der Waals surface area (Å²) >= 11 is 0. The molecule has 0 atom stereocenters. The monoisotopic (exact) mass is 268 g/mol. The van der Waals surface area contributed by atoms with Crippen molar-refractivity contribution < 1.29 is 14.2 Å². The van der Waals surface area contributed by atoms with Gasteiger partial charge in [-0.15, -0.1) is 0 Å². The first-order valence-electron chi connectivity index (χ1n) is 6.16. The summed E-state index contributed by atoms with van der Waals surface area (Å²) in [5.41, 5.74) is 2.34. The van der Waals surface area contributed by atoms with Crippen LogP contribution in [0.3, 0.4) is 0 Å². The number of nitriles is 1. The standard InChI is InChI=1S/C15H12N2O3/c16-7-13-5-12(3-4-17-13)9-18-8-11-1-2-14-15(6-11)20-10-19-14/h1-6H,8-10H2. The molecule has 0 radical (unpaired) electrons. The SMILES string of the molecule is N#Cc1cc(COCc2ccc3c(c2)OCO3)ccn1. The first-order valence-corrected chi connectivity index (χ1v) is 6.16. The highest BCUT2D eigenvalue weighted by Crippen LogP contribution is 2.32. The van der Waals surface area contributed by atoms with Crippen molar-refractivity contribution in [1.29, 1.82) is 5.26 Å². The molecule has 1 aromatic carbocycles. The average Bonchev–Trinajstić information content (AvgIpc) is 2.95. The second kappa shape index (κ2) is 5.59. The second-order valence-corrected chi connectivity index (χ2v) is 4.34. The molecule has 0 bridgehead atoms.